The second-order valence-corrected chi connectivity index (χ2v) is 11.1. The van der Waals surface area contributed by atoms with Crippen molar-refractivity contribution < 1.29 is 37.0 Å². The minimum absolute atomic E-state index is 0.0644. The largest absolute Gasteiger partial charge is 0.493 e. The molecule has 0 unspecified atom stereocenters. The molecular formula is C28H23Cl3F3N5O5S. The summed E-state index contributed by atoms with van der Waals surface area (Å²) in [7, 11) is 4.29. The van der Waals surface area contributed by atoms with Crippen LogP contribution in [-0.4, -0.2) is 53.7 Å². The van der Waals surface area contributed by atoms with Crippen molar-refractivity contribution in [1.82, 2.24) is 20.1 Å². The number of nitrogens with one attached hydrogen (secondary N) is 2. The Balaban J connectivity index is 1.56. The Morgan fingerprint density at radius 2 is 1.56 bits per heavy atom. The number of thioether (sulfide) groups is 1. The van der Waals surface area contributed by atoms with Crippen molar-refractivity contribution in [1.29, 1.82) is 0 Å². The quantitative estimate of drug-likeness (QED) is 0.162. The zero-order valence-electron chi connectivity index (χ0n) is 23.6. The van der Waals surface area contributed by atoms with Crippen molar-refractivity contribution >= 4 is 64.1 Å². The molecular weight excluding hydrogens is 682 g/mol. The van der Waals surface area contributed by atoms with Crippen molar-refractivity contribution in [2.45, 2.75) is 17.9 Å². The molecule has 10 nitrogen and oxygen atoms in total. The highest BCUT2D eigenvalue weighted by Gasteiger charge is 2.31. The van der Waals surface area contributed by atoms with E-state index in [-0.39, 0.29) is 61.1 Å². The Bertz CT molecular complexity index is 1710. The molecule has 2 amide bonds. The van der Waals surface area contributed by atoms with Gasteiger partial charge < -0.3 is 24.8 Å². The van der Waals surface area contributed by atoms with Crippen LogP contribution in [0.2, 0.25) is 15.1 Å². The summed E-state index contributed by atoms with van der Waals surface area (Å²) in [5, 5.41) is 14.1. The second-order valence-electron chi connectivity index (χ2n) is 8.96. The van der Waals surface area contributed by atoms with Gasteiger partial charge in [0.25, 0.3) is 5.91 Å². The maximum atomic E-state index is 13.1. The van der Waals surface area contributed by atoms with Gasteiger partial charge in [-0.2, -0.15) is 13.2 Å². The predicted octanol–water partition coefficient (Wildman–Crippen LogP) is 6.93. The summed E-state index contributed by atoms with van der Waals surface area (Å²) in [6, 6.07) is 10.3. The number of amides is 2. The van der Waals surface area contributed by atoms with Gasteiger partial charge in [-0.25, -0.2) is 0 Å². The van der Waals surface area contributed by atoms with Crippen LogP contribution in [0.3, 0.4) is 0 Å². The van der Waals surface area contributed by atoms with E-state index in [1.807, 2.05) is 0 Å². The number of carbonyl (C=O) groups is 2. The van der Waals surface area contributed by atoms with Crippen LogP contribution in [0.5, 0.6) is 17.2 Å². The van der Waals surface area contributed by atoms with Gasteiger partial charge in [-0.1, -0.05) is 46.6 Å². The molecule has 238 valence electrons. The van der Waals surface area contributed by atoms with Crippen LogP contribution >= 0.6 is 46.6 Å². The number of hydrogen-bond acceptors (Lipinski definition) is 8. The van der Waals surface area contributed by atoms with Crippen molar-refractivity contribution in [2.75, 3.05) is 32.4 Å². The average Bonchev–Trinajstić information content (AvgIpc) is 3.42. The van der Waals surface area contributed by atoms with E-state index >= 15 is 0 Å². The Hall–Kier alpha value is -3.85. The van der Waals surface area contributed by atoms with Gasteiger partial charge in [0, 0.05) is 5.56 Å². The lowest BCUT2D eigenvalue weighted by molar-refractivity contribution is -0.137. The van der Waals surface area contributed by atoms with E-state index in [0.717, 1.165) is 30.0 Å². The van der Waals surface area contributed by atoms with Crippen LogP contribution in [0.4, 0.5) is 18.9 Å². The van der Waals surface area contributed by atoms with Gasteiger partial charge in [-0.3, -0.25) is 14.2 Å². The number of hydrogen-bond donors (Lipinski definition) is 2. The number of alkyl halides is 3. The van der Waals surface area contributed by atoms with Crippen LogP contribution in [-0.2, 0) is 17.5 Å². The molecule has 3 aromatic carbocycles. The molecule has 0 aliphatic heterocycles. The van der Waals surface area contributed by atoms with E-state index in [1.165, 1.54) is 33.5 Å². The third-order valence-electron chi connectivity index (χ3n) is 6.10. The lowest BCUT2D eigenvalue weighted by atomic mass is 10.1. The monoisotopic (exact) mass is 703 g/mol. The Morgan fingerprint density at radius 3 is 2.16 bits per heavy atom. The summed E-state index contributed by atoms with van der Waals surface area (Å²) in [4.78, 5) is 25.8. The number of halogens is 6. The third-order valence-corrected chi connectivity index (χ3v) is 8.09. The highest BCUT2D eigenvalue weighted by atomic mass is 35.5. The Morgan fingerprint density at radius 1 is 0.889 bits per heavy atom. The smallest absolute Gasteiger partial charge is 0.416 e. The molecule has 0 saturated heterocycles. The summed E-state index contributed by atoms with van der Waals surface area (Å²) in [6.45, 7) is -0.116. The van der Waals surface area contributed by atoms with E-state index in [4.69, 9.17) is 49.0 Å². The molecule has 1 aromatic heterocycles. The molecule has 17 heteroatoms. The van der Waals surface area contributed by atoms with Crippen LogP contribution in [0, 0.1) is 0 Å². The molecule has 0 spiro atoms. The summed E-state index contributed by atoms with van der Waals surface area (Å²) < 4.78 is 56.9. The Labute approximate surface area is 274 Å². The van der Waals surface area contributed by atoms with Gasteiger partial charge in [0.2, 0.25) is 11.7 Å². The number of nitrogens with zero attached hydrogens (tertiary/aromatic N) is 3. The Kier molecular flexibility index (Phi) is 11.0. The molecule has 45 heavy (non-hydrogen) atoms. The molecule has 0 aliphatic rings. The zero-order valence-corrected chi connectivity index (χ0v) is 26.7. The third kappa shape index (κ3) is 8.06. The maximum Gasteiger partial charge on any atom is 0.416 e. The molecule has 2 N–H and O–H groups in total. The summed E-state index contributed by atoms with van der Waals surface area (Å²) in [6.07, 6.45) is -4.62. The van der Waals surface area contributed by atoms with E-state index in [9.17, 15) is 22.8 Å². The second kappa shape index (κ2) is 14.5. The standard InChI is InChI=1S/C28H23Cl3F3N5O5S/c1-42-21-8-14(9-22(43-2)25(21)44-3)26(41)35-12-23-37-38-27(39(23)16-5-7-17(29)19(31)11-16)45-13-24(40)36-20-10-15(28(32,33)34)4-6-18(20)30/h4-11H,12-13H2,1-3H3,(H,35,41)(H,36,40). The summed E-state index contributed by atoms with van der Waals surface area (Å²) in [5.41, 5.74) is -0.481. The average molecular weight is 705 g/mol. The first-order valence-corrected chi connectivity index (χ1v) is 14.8. The maximum absolute atomic E-state index is 13.1. The van der Waals surface area contributed by atoms with Gasteiger partial charge >= 0.3 is 6.18 Å². The fraction of sp³-hybridized carbons (Fsp3) is 0.214. The molecule has 4 aromatic rings. The van der Waals surface area contributed by atoms with Gasteiger partial charge in [0.15, 0.2) is 22.5 Å². The number of ether oxygens (including phenoxy) is 3. The first-order valence-electron chi connectivity index (χ1n) is 12.6. The number of carbonyl (C=O) groups excluding carboxylic acids is 2. The van der Waals surface area contributed by atoms with Gasteiger partial charge in [0.1, 0.15) is 0 Å². The number of benzene rings is 3. The van der Waals surface area contributed by atoms with Gasteiger partial charge in [-0.15, -0.1) is 10.2 Å². The van der Waals surface area contributed by atoms with Crippen LogP contribution in [0.25, 0.3) is 5.69 Å². The number of methoxy groups -OCH3 is 3. The zero-order chi connectivity index (χ0) is 32.9. The van der Waals surface area contributed by atoms with Gasteiger partial charge in [-0.05, 0) is 48.5 Å². The van der Waals surface area contributed by atoms with Crippen molar-refractivity contribution in [3.05, 3.63) is 80.6 Å². The number of aromatic nitrogens is 3. The molecule has 0 aliphatic carbocycles. The fourth-order valence-electron chi connectivity index (χ4n) is 3.98. The predicted molar refractivity (Wildman–Crippen MR) is 164 cm³/mol. The van der Waals surface area contributed by atoms with E-state index < -0.39 is 23.6 Å². The van der Waals surface area contributed by atoms with Crippen molar-refractivity contribution in [3.8, 4) is 22.9 Å². The molecule has 1 heterocycles. The first kappa shape index (κ1) is 34.0. The first-order chi connectivity index (χ1) is 21.4. The highest BCUT2D eigenvalue weighted by molar-refractivity contribution is 7.99. The topological polar surface area (TPSA) is 117 Å². The normalized spacial score (nSPS) is 11.2. The van der Waals surface area contributed by atoms with Crippen LogP contribution < -0.4 is 24.8 Å². The highest BCUT2D eigenvalue weighted by Crippen LogP contribution is 2.38. The van der Waals surface area contributed by atoms with Crippen molar-refractivity contribution in [2.24, 2.45) is 0 Å². The van der Waals surface area contributed by atoms with Crippen LogP contribution in [0.1, 0.15) is 21.7 Å². The van der Waals surface area contributed by atoms with Gasteiger partial charge in [0.05, 0.1) is 65.6 Å². The van der Waals surface area contributed by atoms with E-state index in [0.29, 0.717) is 11.4 Å². The lowest BCUT2D eigenvalue weighted by Gasteiger charge is -2.15. The number of anilines is 1. The van der Waals surface area contributed by atoms with Crippen molar-refractivity contribution in [3.63, 3.8) is 0 Å². The molecule has 0 atom stereocenters. The molecule has 0 radical (unpaired) electrons. The SMILES string of the molecule is COc1cc(C(=O)NCc2nnc(SCC(=O)Nc3cc(C(F)(F)F)ccc3Cl)n2-c2ccc(Cl)c(Cl)c2)cc(OC)c1OC. The minimum atomic E-state index is -4.62. The molecule has 0 saturated carbocycles. The van der Waals surface area contributed by atoms with Crippen LogP contribution in [0.15, 0.2) is 53.7 Å². The summed E-state index contributed by atoms with van der Waals surface area (Å²) in [5.74, 6) is -0.278. The minimum Gasteiger partial charge on any atom is -0.493 e. The summed E-state index contributed by atoms with van der Waals surface area (Å²) >= 11 is 19.3. The fourth-order valence-corrected chi connectivity index (χ4v) is 5.21. The molecule has 0 fully saturated rings. The number of rotatable bonds is 11. The molecule has 0 bridgehead atoms. The molecule has 4 rings (SSSR count). The van der Waals surface area contributed by atoms with E-state index in [1.54, 1.807) is 22.8 Å². The lowest BCUT2D eigenvalue weighted by Crippen LogP contribution is -2.25. The van der Waals surface area contributed by atoms with E-state index in [2.05, 4.69) is 20.8 Å².